The van der Waals surface area contributed by atoms with Crippen molar-refractivity contribution in [1.29, 1.82) is 5.26 Å². The van der Waals surface area contributed by atoms with Crippen molar-refractivity contribution in [3.8, 4) is 6.07 Å². The molecule has 2 amide bonds. The molecule has 0 radical (unpaired) electrons. The molecule has 96 valence electrons. The van der Waals surface area contributed by atoms with Crippen LogP contribution in [0.3, 0.4) is 0 Å². The SMILES string of the molecule is CCN(CC)C(=O)CCNC(=O)C(C)(C)C#N. The van der Waals surface area contributed by atoms with Crippen molar-refractivity contribution in [3.05, 3.63) is 0 Å². The van der Waals surface area contributed by atoms with E-state index >= 15 is 0 Å². The molecule has 0 spiro atoms. The summed E-state index contributed by atoms with van der Waals surface area (Å²) in [7, 11) is 0. The summed E-state index contributed by atoms with van der Waals surface area (Å²) in [5.74, 6) is -0.322. The topological polar surface area (TPSA) is 73.2 Å². The van der Waals surface area contributed by atoms with E-state index in [0.29, 0.717) is 13.1 Å². The first kappa shape index (κ1) is 15.4. The molecule has 0 aliphatic heterocycles. The lowest BCUT2D eigenvalue weighted by atomic mass is 9.95. The molecule has 0 aromatic carbocycles. The highest BCUT2D eigenvalue weighted by Crippen LogP contribution is 2.12. The fourth-order valence-corrected chi connectivity index (χ4v) is 1.29. The van der Waals surface area contributed by atoms with Gasteiger partial charge in [-0.2, -0.15) is 5.26 Å². The fraction of sp³-hybridized carbons (Fsp3) is 0.750. The summed E-state index contributed by atoms with van der Waals surface area (Å²) in [6, 6.07) is 1.92. The summed E-state index contributed by atoms with van der Waals surface area (Å²) < 4.78 is 0. The van der Waals surface area contributed by atoms with E-state index in [0.717, 1.165) is 0 Å². The molecule has 0 rings (SSSR count). The molecule has 17 heavy (non-hydrogen) atoms. The average molecular weight is 239 g/mol. The van der Waals surface area contributed by atoms with Gasteiger partial charge in [0.25, 0.3) is 0 Å². The van der Waals surface area contributed by atoms with Crippen molar-refractivity contribution in [2.75, 3.05) is 19.6 Å². The first-order valence-corrected chi connectivity index (χ1v) is 5.86. The maximum Gasteiger partial charge on any atom is 0.239 e. The van der Waals surface area contributed by atoms with Gasteiger partial charge in [-0.25, -0.2) is 0 Å². The van der Waals surface area contributed by atoms with Crippen LogP contribution in [0.5, 0.6) is 0 Å². The van der Waals surface area contributed by atoms with Gasteiger partial charge in [0.05, 0.1) is 6.07 Å². The Labute approximate surface area is 103 Å². The number of hydrogen-bond donors (Lipinski definition) is 1. The number of nitriles is 1. The lowest BCUT2D eigenvalue weighted by Gasteiger charge is -2.19. The number of hydrogen-bond acceptors (Lipinski definition) is 3. The lowest BCUT2D eigenvalue weighted by molar-refractivity contribution is -0.131. The van der Waals surface area contributed by atoms with E-state index in [1.165, 1.54) is 0 Å². The van der Waals surface area contributed by atoms with Gasteiger partial charge in [0.15, 0.2) is 0 Å². The molecular formula is C12H21N3O2. The molecule has 5 heteroatoms. The Balaban J connectivity index is 4.05. The van der Waals surface area contributed by atoms with Crippen LogP contribution in [0.15, 0.2) is 0 Å². The van der Waals surface area contributed by atoms with E-state index in [2.05, 4.69) is 5.32 Å². The Hall–Kier alpha value is -1.57. The first-order chi connectivity index (χ1) is 7.88. The standard InChI is InChI=1S/C12H21N3O2/c1-5-15(6-2)10(16)7-8-14-11(17)12(3,4)9-13/h5-8H2,1-4H3,(H,14,17). The van der Waals surface area contributed by atoms with E-state index in [1.807, 2.05) is 19.9 Å². The number of carbonyl (C=O) groups is 2. The third-order valence-electron chi connectivity index (χ3n) is 2.59. The third kappa shape index (κ3) is 4.85. The Morgan fingerprint density at radius 1 is 1.29 bits per heavy atom. The Morgan fingerprint density at radius 3 is 2.24 bits per heavy atom. The molecule has 1 N–H and O–H groups in total. The van der Waals surface area contributed by atoms with Crippen LogP contribution in [-0.4, -0.2) is 36.3 Å². The number of amides is 2. The van der Waals surface area contributed by atoms with Crippen molar-refractivity contribution < 1.29 is 9.59 Å². The van der Waals surface area contributed by atoms with Gasteiger partial charge in [0.1, 0.15) is 5.41 Å². The lowest BCUT2D eigenvalue weighted by Crippen LogP contribution is -2.39. The van der Waals surface area contributed by atoms with E-state index < -0.39 is 5.41 Å². The molecule has 0 bridgehead atoms. The summed E-state index contributed by atoms with van der Waals surface area (Å²) >= 11 is 0. The van der Waals surface area contributed by atoms with Gasteiger partial charge in [0, 0.05) is 26.1 Å². The predicted octanol–water partition coefficient (Wildman–Crippen LogP) is 0.911. The minimum absolute atomic E-state index is 0.0186. The fourth-order valence-electron chi connectivity index (χ4n) is 1.29. The van der Waals surface area contributed by atoms with E-state index in [1.54, 1.807) is 18.7 Å². The number of carbonyl (C=O) groups excluding carboxylic acids is 2. The first-order valence-electron chi connectivity index (χ1n) is 5.86. The monoisotopic (exact) mass is 239 g/mol. The average Bonchev–Trinajstić information content (AvgIpc) is 2.30. The Bertz CT molecular complexity index is 314. The van der Waals surface area contributed by atoms with Gasteiger partial charge in [-0.15, -0.1) is 0 Å². The highest BCUT2D eigenvalue weighted by atomic mass is 16.2. The normalized spacial score (nSPS) is 10.5. The largest absolute Gasteiger partial charge is 0.354 e. The van der Waals surface area contributed by atoms with E-state index in [9.17, 15) is 9.59 Å². The smallest absolute Gasteiger partial charge is 0.239 e. The van der Waals surface area contributed by atoms with Crippen molar-refractivity contribution in [1.82, 2.24) is 10.2 Å². The summed E-state index contributed by atoms with van der Waals surface area (Å²) in [5, 5.41) is 11.4. The van der Waals surface area contributed by atoms with Crippen LogP contribution in [0, 0.1) is 16.7 Å². The summed E-state index contributed by atoms with van der Waals surface area (Å²) in [6.07, 6.45) is 0.273. The van der Waals surface area contributed by atoms with Crippen LogP contribution in [0.25, 0.3) is 0 Å². The zero-order valence-electron chi connectivity index (χ0n) is 11.0. The van der Waals surface area contributed by atoms with Crippen LogP contribution in [0.2, 0.25) is 0 Å². The molecule has 0 aromatic heterocycles. The molecule has 0 aliphatic carbocycles. The number of nitrogens with zero attached hydrogens (tertiary/aromatic N) is 2. The van der Waals surface area contributed by atoms with Crippen LogP contribution in [0.1, 0.15) is 34.1 Å². The maximum absolute atomic E-state index is 11.6. The highest BCUT2D eigenvalue weighted by Gasteiger charge is 2.26. The molecule has 5 nitrogen and oxygen atoms in total. The van der Waals surface area contributed by atoms with Crippen LogP contribution >= 0.6 is 0 Å². The van der Waals surface area contributed by atoms with Crippen molar-refractivity contribution in [2.45, 2.75) is 34.1 Å². The quantitative estimate of drug-likeness (QED) is 0.748. The van der Waals surface area contributed by atoms with Gasteiger partial charge >= 0.3 is 0 Å². The van der Waals surface area contributed by atoms with Crippen molar-refractivity contribution in [3.63, 3.8) is 0 Å². The molecular weight excluding hydrogens is 218 g/mol. The van der Waals surface area contributed by atoms with Gasteiger partial charge in [0.2, 0.25) is 11.8 Å². The number of nitrogens with one attached hydrogen (secondary N) is 1. The maximum atomic E-state index is 11.6. The number of rotatable bonds is 6. The van der Waals surface area contributed by atoms with Crippen LogP contribution in [0.4, 0.5) is 0 Å². The molecule has 0 fully saturated rings. The molecule has 0 saturated heterocycles. The summed E-state index contributed by atoms with van der Waals surface area (Å²) in [6.45, 7) is 8.56. The van der Waals surface area contributed by atoms with E-state index in [-0.39, 0.29) is 24.8 Å². The molecule has 0 atom stereocenters. The van der Waals surface area contributed by atoms with Crippen molar-refractivity contribution in [2.24, 2.45) is 5.41 Å². The molecule has 0 aromatic rings. The third-order valence-corrected chi connectivity index (χ3v) is 2.59. The second-order valence-corrected chi connectivity index (χ2v) is 4.31. The summed E-state index contributed by atoms with van der Waals surface area (Å²) in [4.78, 5) is 24.9. The zero-order chi connectivity index (χ0) is 13.5. The van der Waals surface area contributed by atoms with Gasteiger partial charge < -0.3 is 10.2 Å². The zero-order valence-corrected chi connectivity index (χ0v) is 11.0. The van der Waals surface area contributed by atoms with Gasteiger partial charge in [-0.3, -0.25) is 9.59 Å². The van der Waals surface area contributed by atoms with Gasteiger partial charge in [-0.05, 0) is 27.7 Å². The Morgan fingerprint density at radius 2 is 1.82 bits per heavy atom. The molecule has 0 saturated carbocycles. The van der Waals surface area contributed by atoms with E-state index in [4.69, 9.17) is 5.26 Å². The second kappa shape index (κ2) is 6.89. The molecule has 0 heterocycles. The van der Waals surface area contributed by atoms with Crippen molar-refractivity contribution >= 4 is 11.8 Å². The Kier molecular flexibility index (Phi) is 6.26. The van der Waals surface area contributed by atoms with Crippen LogP contribution < -0.4 is 5.32 Å². The minimum atomic E-state index is -1.04. The minimum Gasteiger partial charge on any atom is -0.354 e. The highest BCUT2D eigenvalue weighted by molar-refractivity contribution is 5.85. The molecule has 0 unspecified atom stereocenters. The summed E-state index contributed by atoms with van der Waals surface area (Å²) in [5.41, 5.74) is -1.04. The van der Waals surface area contributed by atoms with Gasteiger partial charge in [-0.1, -0.05) is 0 Å². The second-order valence-electron chi connectivity index (χ2n) is 4.31. The van der Waals surface area contributed by atoms with Crippen LogP contribution in [-0.2, 0) is 9.59 Å². The predicted molar refractivity (Wildman–Crippen MR) is 64.9 cm³/mol. The molecule has 0 aliphatic rings.